The van der Waals surface area contributed by atoms with Crippen molar-refractivity contribution in [1.29, 1.82) is 0 Å². The van der Waals surface area contributed by atoms with Gasteiger partial charge in [-0.1, -0.05) is 13.8 Å². The van der Waals surface area contributed by atoms with Crippen LogP contribution in [0.2, 0.25) is 0 Å². The highest BCUT2D eigenvalue weighted by atomic mass is 16.2. The van der Waals surface area contributed by atoms with Gasteiger partial charge in [0.1, 0.15) is 0 Å². The van der Waals surface area contributed by atoms with E-state index in [1.54, 1.807) is 19.2 Å². The molecule has 0 unspecified atom stereocenters. The van der Waals surface area contributed by atoms with Crippen molar-refractivity contribution in [3.05, 3.63) is 24.3 Å². The summed E-state index contributed by atoms with van der Waals surface area (Å²) in [5.41, 5.74) is 1.58. The Morgan fingerprint density at radius 3 is 2.17 bits per heavy atom. The van der Waals surface area contributed by atoms with E-state index in [9.17, 15) is 9.59 Å². The number of nitrogens with one attached hydrogen (secondary N) is 3. The Bertz CT molecular complexity index is 413. The van der Waals surface area contributed by atoms with Gasteiger partial charge in [-0.25, -0.2) is 0 Å². The van der Waals surface area contributed by atoms with E-state index in [1.807, 2.05) is 26.0 Å². The summed E-state index contributed by atoms with van der Waals surface area (Å²) in [7, 11) is 1.59. The Kier molecular flexibility index (Phi) is 5.17. The van der Waals surface area contributed by atoms with Crippen molar-refractivity contribution in [3.8, 4) is 0 Å². The van der Waals surface area contributed by atoms with Gasteiger partial charge in [-0.15, -0.1) is 0 Å². The fourth-order valence-electron chi connectivity index (χ4n) is 1.23. The summed E-state index contributed by atoms with van der Waals surface area (Å²) in [6.07, 6.45) is 0. The van der Waals surface area contributed by atoms with Gasteiger partial charge in [0.2, 0.25) is 11.8 Å². The van der Waals surface area contributed by atoms with Crippen molar-refractivity contribution < 1.29 is 9.59 Å². The lowest BCUT2D eigenvalue weighted by atomic mass is 10.2. The highest BCUT2D eigenvalue weighted by Crippen LogP contribution is 2.14. The van der Waals surface area contributed by atoms with E-state index < -0.39 is 0 Å². The Morgan fingerprint density at radius 2 is 1.67 bits per heavy atom. The molecule has 18 heavy (non-hydrogen) atoms. The van der Waals surface area contributed by atoms with Gasteiger partial charge in [0.15, 0.2) is 0 Å². The number of carbonyl (C=O) groups excluding carboxylic acids is 2. The van der Waals surface area contributed by atoms with E-state index in [2.05, 4.69) is 16.0 Å². The summed E-state index contributed by atoms with van der Waals surface area (Å²) >= 11 is 0. The van der Waals surface area contributed by atoms with Gasteiger partial charge >= 0.3 is 0 Å². The molecule has 0 aliphatic carbocycles. The first-order valence-corrected chi connectivity index (χ1v) is 5.88. The summed E-state index contributed by atoms with van der Waals surface area (Å²) in [6.45, 7) is 3.91. The maximum atomic E-state index is 11.5. The zero-order valence-electron chi connectivity index (χ0n) is 10.9. The predicted octanol–water partition coefficient (Wildman–Crippen LogP) is 1.44. The third-order valence-corrected chi connectivity index (χ3v) is 2.41. The van der Waals surface area contributed by atoms with E-state index in [0.29, 0.717) is 0 Å². The monoisotopic (exact) mass is 249 g/mol. The van der Waals surface area contributed by atoms with Gasteiger partial charge in [0, 0.05) is 24.3 Å². The number of likely N-dealkylation sites (N-methyl/N-ethyl adjacent to an activating group) is 1. The number of carbonyl (C=O) groups is 2. The predicted molar refractivity (Wildman–Crippen MR) is 72.5 cm³/mol. The third-order valence-electron chi connectivity index (χ3n) is 2.41. The van der Waals surface area contributed by atoms with Gasteiger partial charge < -0.3 is 16.0 Å². The zero-order chi connectivity index (χ0) is 13.5. The van der Waals surface area contributed by atoms with Crippen molar-refractivity contribution in [2.75, 3.05) is 24.2 Å². The van der Waals surface area contributed by atoms with Crippen LogP contribution in [0.25, 0.3) is 0 Å². The second kappa shape index (κ2) is 6.64. The maximum absolute atomic E-state index is 11.5. The summed E-state index contributed by atoms with van der Waals surface area (Å²) < 4.78 is 0. The highest BCUT2D eigenvalue weighted by Gasteiger charge is 2.06. The van der Waals surface area contributed by atoms with Crippen molar-refractivity contribution in [1.82, 2.24) is 5.32 Å². The van der Waals surface area contributed by atoms with Gasteiger partial charge in [0.05, 0.1) is 6.54 Å². The fraction of sp³-hybridized carbons (Fsp3) is 0.385. The Morgan fingerprint density at radius 1 is 1.11 bits per heavy atom. The van der Waals surface area contributed by atoms with Crippen molar-refractivity contribution >= 4 is 23.2 Å². The lowest BCUT2D eigenvalue weighted by molar-refractivity contribution is -0.119. The van der Waals surface area contributed by atoms with Gasteiger partial charge in [-0.05, 0) is 24.3 Å². The van der Waals surface area contributed by atoms with Crippen LogP contribution in [-0.4, -0.2) is 25.4 Å². The molecular weight excluding hydrogens is 230 g/mol. The number of benzene rings is 1. The zero-order valence-corrected chi connectivity index (χ0v) is 10.9. The minimum atomic E-state index is -0.0767. The molecule has 0 saturated carbocycles. The van der Waals surface area contributed by atoms with Gasteiger partial charge in [-0.2, -0.15) is 0 Å². The number of amides is 2. The smallest absolute Gasteiger partial charge is 0.239 e. The lowest BCUT2D eigenvalue weighted by Crippen LogP contribution is -2.26. The first-order chi connectivity index (χ1) is 8.52. The third kappa shape index (κ3) is 4.45. The number of anilines is 2. The molecule has 0 radical (unpaired) electrons. The minimum absolute atomic E-state index is 0.0129. The molecule has 0 bridgehead atoms. The van der Waals surface area contributed by atoms with Crippen LogP contribution in [-0.2, 0) is 9.59 Å². The van der Waals surface area contributed by atoms with E-state index in [-0.39, 0.29) is 24.3 Å². The second-order valence-corrected chi connectivity index (χ2v) is 4.25. The molecule has 0 aromatic heterocycles. The number of hydrogen-bond acceptors (Lipinski definition) is 3. The molecule has 1 aromatic carbocycles. The van der Waals surface area contributed by atoms with Crippen LogP contribution >= 0.6 is 0 Å². The van der Waals surface area contributed by atoms with Crippen LogP contribution in [0, 0.1) is 5.92 Å². The van der Waals surface area contributed by atoms with E-state index >= 15 is 0 Å². The molecule has 3 N–H and O–H groups in total. The molecule has 98 valence electrons. The second-order valence-electron chi connectivity index (χ2n) is 4.25. The average Bonchev–Trinajstić information content (AvgIpc) is 2.37. The molecule has 0 spiro atoms. The van der Waals surface area contributed by atoms with Gasteiger partial charge in [-0.3, -0.25) is 9.59 Å². The molecular formula is C13H19N3O2. The minimum Gasteiger partial charge on any atom is -0.376 e. The van der Waals surface area contributed by atoms with E-state index in [1.165, 1.54) is 0 Å². The van der Waals surface area contributed by atoms with Gasteiger partial charge in [0.25, 0.3) is 0 Å². The quantitative estimate of drug-likeness (QED) is 0.739. The largest absolute Gasteiger partial charge is 0.376 e. The normalized spacial score (nSPS) is 10.0. The van der Waals surface area contributed by atoms with Crippen LogP contribution in [0.15, 0.2) is 24.3 Å². The van der Waals surface area contributed by atoms with Crippen LogP contribution < -0.4 is 16.0 Å². The van der Waals surface area contributed by atoms with Crippen molar-refractivity contribution in [3.63, 3.8) is 0 Å². The molecule has 5 nitrogen and oxygen atoms in total. The Labute approximate surface area is 107 Å². The van der Waals surface area contributed by atoms with Crippen LogP contribution in [0.3, 0.4) is 0 Å². The standard InChI is InChI=1S/C13H19N3O2/c1-9(2)13(18)16-11-6-4-10(5-7-11)15-8-12(17)14-3/h4-7,9,15H,8H2,1-3H3,(H,14,17)(H,16,18). The molecule has 1 aromatic rings. The van der Waals surface area contributed by atoms with Crippen LogP contribution in [0.4, 0.5) is 11.4 Å². The molecule has 0 heterocycles. The first kappa shape index (κ1) is 14.0. The van der Waals surface area contributed by atoms with Crippen molar-refractivity contribution in [2.24, 2.45) is 5.92 Å². The van der Waals surface area contributed by atoms with Crippen molar-refractivity contribution in [2.45, 2.75) is 13.8 Å². The Balaban J connectivity index is 2.52. The molecule has 5 heteroatoms. The Hall–Kier alpha value is -2.04. The lowest BCUT2D eigenvalue weighted by Gasteiger charge is -2.09. The average molecular weight is 249 g/mol. The molecule has 1 rings (SSSR count). The molecule has 0 atom stereocenters. The molecule has 0 aliphatic rings. The molecule has 0 aliphatic heterocycles. The topological polar surface area (TPSA) is 70.2 Å². The highest BCUT2D eigenvalue weighted by molar-refractivity contribution is 5.92. The summed E-state index contributed by atoms with van der Waals surface area (Å²) in [5.74, 6) is -0.135. The van der Waals surface area contributed by atoms with E-state index in [4.69, 9.17) is 0 Å². The fourth-order valence-corrected chi connectivity index (χ4v) is 1.23. The van der Waals surface area contributed by atoms with E-state index in [0.717, 1.165) is 11.4 Å². The number of hydrogen-bond donors (Lipinski definition) is 3. The summed E-state index contributed by atoms with van der Waals surface area (Å²) in [5, 5.41) is 8.30. The maximum Gasteiger partial charge on any atom is 0.239 e. The van der Waals surface area contributed by atoms with Crippen LogP contribution in [0.5, 0.6) is 0 Å². The molecule has 2 amide bonds. The summed E-state index contributed by atoms with van der Waals surface area (Å²) in [6, 6.07) is 7.23. The number of rotatable bonds is 5. The summed E-state index contributed by atoms with van der Waals surface area (Å²) in [4.78, 5) is 22.5. The molecule has 0 saturated heterocycles. The van der Waals surface area contributed by atoms with Crippen LogP contribution in [0.1, 0.15) is 13.8 Å². The molecule has 0 fully saturated rings. The SMILES string of the molecule is CNC(=O)CNc1ccc(NC(=O)C(C)C)cc1. The first-order valence-electron chi connectivity index (χ1n) is 5.88.